The van der Waals surface area contributed by atoms with E-state index in [4.69, 9.17) is 16.3 Å². The molecule has 202 valence electrons. The second-order valence-corrected chi connectivity index (χ2v) is 12.6. The number of ether oxygens (including phenoxy) is 1. The summed E-state index contributed by atoms with van der Waals surface area (Å²) in [5, 5.41) is 16.0. The smallest absolute Gasteiger partial charge is 0.248 e. The fourth-order valence-corrected chi connectivity index (χ4v) is 8.86. The number of aliphatic hydroxyl groups excluding tert-OH is 1. The minimum Gasteiger partial charge on any atom is -0.494 e. The van der Waals surface area contributed by atoms with Crippen molar-refractivity contribution in [1.29, 1.82) is 0 Å². The van der Waals surface area contributed by atoms with E-state index in [1.165, 1.54) is 0 Å². The van der Waals surface area contributed by atoms with Crippen LogP contribution in [-0.4, -0.2) is 63.0 Å². The lowest BCUT2D eigenvalue weighted by Gasteiger charge is -2.34. The molecule has 2 bridgehead atoms. The molecule has 2 aromatic rings. The van der Waals surface area contributed by atoms with Gasteiger partial charge in [-0.15, -0.1) is 11.8 Å². The maximum Gasteiger partial charge on any atom is 0.248 e. The number of aliphatic hydroxyl groups is 1. The molecule has 3 heterocycles. The molecular weight excluding hydrogens is 526 g/mol. The van der Waals surface area contributed by atoms with Crippen LogP contribution in [0.5, 0.6) is 5.75 Å². The van der Waals surface area contributed by atoms with Gasteiger partial charge in [-0.25, -0.2) is 0 Å². The predicted molar refractivity (Wildman–Crippen MR) is 148 cm³/mol. The van der Waals surface area contributed by atoms with Crippen molar-refractivity contribution in [3.63, 3.8) is 0 Å². The number of thioether (sulfide) groups is 1. The predicted octanol–water partition coefficient (Wildman–Crippen LogP) is 4.18. The number of fused-ring (bicyclic) bond motifs is 1. The minimum atomic E-state index is -0.752. The number of amides is 3. The summed E-state index contributed by atoms with van der Waals surface area (Å²) in [4.78, 5) is 43.1. The van der Waals surface area contributed by atoms with Crippen molar-refractivity contribution in [2.45, 2.75) is 48.6 Å². The van der Waals surface area contributed by atoms with Crippen LogP contribution in [0.4, 0.5) is 11.4 Å². The topological polar surface area (TPSA) is 108 Å². The van der Waals surface area contributed by atoms with Crippen molar-refractivity contribution in [3.8, 4) is 5.75 Å². The van der Waals surface area contributed by atoms with E-state index in [1.54, 1.807) is 65.2 Å². The molecular formula is C28H32ClN3O5S. The Kier molecular flexibility index (Phi) is 7.37. The summed E-state index contributed by atoms with van der Waals surface area (Å²) in [6, 6.07) is 13.2. The summed E-state index contributed by atoms with van der Waals surface area (Å²) in [6.45, 7) is 4.64. The summed E-state index contributed by atoms with van der Waals surface area (Å²) in [5.41, 5.74) is 1.21. The summed E-state index contributed by atoms with van der Waals surface area (Å²) in [6.07, 6.45) is 1.73. The molecule has 2 aromatic carbocycles. The Balaban J connectivity index is 1.44. The first-order valence-corrected chi connectivity index (χ1v) is 14.1. The van der Waals surface area contributed by atoms with E-state index in [1.807, 2.05) is 13.8 Å². The molecule has 3 aliphatic heterocycles. The Morgan fingerprint density at radius 1 is 1.08 bits per heavy atom. The average Bonchev–Trinajstić information content (AvgIpc) is 3.46. The second kappa shape index (κ2) is 10.4. The molecule has 3 saturated heterocycles. The summed E-state index contributed by atoms with van der Waals surface area (Å²) in [7, 11) is 0. The first-order chi connectivity index (χ1) is 18.2. The van der Waals surface area contributed by atoms with Gasteiger partial charge < -0.3 is 25.4 Å². The molecule has 3 amide bonds. The maximum absolute atomic E-state index is 14.0. The standard InChI is InChI=1S/C28H32ClN3O5S/c1-3-37-20-11-9-19(10-12-20)30-24(34)21-22-26(36)32(15-4-16-33)23(28(22)14-13-27(21,2)38-28)25(35)31-18-7-5-17(29)6-8-18/h5-12,21-23,33H,3-4,13-16H2,1-2H3,(H,30,34)(H,31,35)/t21-,22+,23?,27+,28?/m1/s1. The number of benzene rings is 2. The van der Waals surface area contributed by atoms with Gasteiger partial charge in [-0.2, -0.15) is 0 Å². The highest BCUT2D eigenvalue weighted by atomic mass is 35.5. The van der Waals surface area contributed by atoms with Crippen LogP contribution >= 0.6 is 23.4 Å². The third-order valence-electron chi connectivity index (χ3n) is 7.91. The summed E-state index contributed by atoms with van der Waals surface area (Å²) >= 11 is 7.61. The van der Waals surface area contributed by atoms with Crippen LogP contribution in [0.2, 0.25) is 5.02 Å². The molecule has 3 N–H and O–H groups in total. The lowest BCUT2D eigenvalue weighted by molar-refractivity contribution is -0.139. The number of nitrogens with zero attached hydrogens (tertiary/aromatic N) is 1. The number of halogens is 1. The third-order valence-corrected chi connectivity index (χ3v) is 10.1. The maximum atomic E-state index is 14.0. The molecule has 0 aliphatic carbocycles. The molecule has 10 heteroatoms. The fourth-order valence-electron chi connectivity index (χ4n) is 6.37. The normalized spacial score (nSPS) is 29.3. The fraction of sp³-hybridized carbons (Fsp3) is 0.464. The van der Waals surface area contributed by atoms with E-state index in [-0.39, 0.29) is 30.9 Å². The van der Waals surface area contributed by atoms with E-state index >= 15 is 0 Å². The zero-order chi connectivity index (χ0) is 27.1. The van der Waals surface area contributed by atoms with Crippen molar-refractivity contribution in [2.75, 3.05) is 30.4 Å². The zero-order valence-electron chi connectivity index (χ0n) is 21.4. The van der Waals surface area contributed by atoms with Gasteiger partial charge >= 0.3 is 0 Å². The average molecular weight is 558 g/mol. The van der Waals surface area contributed by atoms with E-state index in [0.29, 0.717) is 41.6 Å². The molecule has 38 heavy (non-hydrogen) atoms. The number of carbonyl (C=O) groups is 3. The van der Waals surface area contributed by atoms with Gasteiger partial charge in [0.25, 0.3) is 0 Å². The molecule has 3 fully saturated rings. The Labute approximate surface area is 231 Å². The van der Waals surface area contributed by atoms with Crippen LogP contribution in [0, 0.1) is 11.8 Å². The highest BCUT2D eigenvalue weighted by Gasteiger charge is 2.77. The van der Waals surface area contributed by atoms with Crippen LogP contribution in [0.1, 0.15) is 33.1 Å². The van der Waals surface area contributed by atoms with Crippen LogP contribution in [0.3, 0.4) is 0 Å². The number of hydrogen-bond acceptors (Lipinski definition) is 6. The van der Waals surface area contributed by atoms with Crippen LogP contribution < -0.4 is 15.4 Å². The minimum absolute atomic E-state index is 0.0977. The SMILES string of the molecule is CCOc1ccc(NC(=O)[C@H]2[C@H]3C(=O)N(CCCO)C(C(=O)Nc4ccc(Cl)cc4)C34CC[C@]2(C)S4)cc1. The first-order valence-electron chi connectivity index (χ1n) is 12.9. The van der Waals surface area contributed by atoms with Gasteiger partial charge in [0, 0.05) is 34.3 Å². The van der Waals surface area contributed by atoms with Gasteiger partial charge in [0.1, 0.15) is 11.8 Å². The number of likely N-dealkylation sites (tertiary alicyclic amines) is 1. The van der Waals surface area contributed by atoms with Gasteiger partial charge in [-0.1, -0.05) is 11.6 Å². The third kappa shape index (κ3) is 4.54. The van der Waals surface area contributed by atoms with Gasteiger partial charge in [-0.3, -0.25) is 14.4 Å². The molecule has 0 saturated carbocycles. The Bertz CT molecular complexity index is 1230. The van der Waals surface area contributed by atoms with Gasteiger partial charge in [0.15, 0.2) is 0 Å². The number of hydrogen-bond donors (Lipinski definition) is 3. The van der Waals surface area contributed by atoms with Gasteiger partial charge in [0.05, 0.1) is 23.2 Å². The molecule has 1 spiro atoms. The monoisotopic (exact) mass is 557 g/mol. The highest BCUT2D eigenvalue weighted by molar-refractivity contribution is 8.02. The molecule has 0 radical (unpaired) electrons. The van der Waals surface area contributed by atoms with E-state index in [9.17, 15) is 19.5 Å². The number of nitrogens with one attached hydrogen (secondary N) is 2. The molecule has 8 nitrogen and oxygen atoms in total. The molecule has 0 aromatic heterocycles. The Morgan fingerprint density at radius 3 is 2.34 bits per heavy atom. The lowest BCUT2D eigenvalue weighted by Crippen LogP contribution is -2.52. The van der Waals surface area contributed by atoms with Gasteiger partial charge in [-0.05, 0) is 81.6 Å². The number of anilines is 2. The summed E-state index contributed by atoms with van der Waals surface area (Å²) in [5.74, 6) is -1.21. The Morgan fingerprint density at radius 2 is 1.71 bits per heavy atom. The lowest BCUT2D eigenvalue weighted by atomic mass is 9.66. The Hall–Kier alpha value is -2.75. The number of rotatable bonds is 9. The van der Waals surface area contributed by atoms with Crippen LogP contribution in [0.25, 0.3) is 0 Å². The summed E-state index contributed by atoms with van der Waals surface area (Å²) < 4.78 is 4.29. The molecule has 5 atom stereocenters. The zero-order valence-corrected chi connectivity index (χ0v) is 23.0. The number of carbonyl (C=O) groups excluding carboxylic acids is 3. The quantitative estimate of drug-likeness (QED) is 0.427. The molecule has 2 unspecified atom stereocenters. The van der Waals surface area contributed by atoms with Crippen molar-refractivity contribution in [1.82, 2.24) is 4.90 Å². The van der Waals surface area contributed by atoms with Crippen molar-refractivity contribution in [2.24, 2.45) is 11.8 Å². The van der Waals surface area contributed by atoms with E-state index in [2.05, 4.69) is 10.6 Å². The van der Waals surface area contributed by atoms with Crippen LogP contribution in [-0.2, 0) is 14.4 Å². The molecule has 3 aliphatic rings. The van der Waals surface area contributed by atoms with E-state index < -0.39 is 27.4 Å². The first kappa shape index (κ1) is 26.8. The van der Waals surface area contributed by atoms with Crippen LogP contribution in [0.15, 0.2) is 48.5 Å². The van der Waals surface area contributed by atoms with Crippen molar-refractivity contribution >= 4 is 52.5 Å². The largest absolute Gasteiger partial charge is 0.494 e. The highest BCUT2D eigenvalue weighted by Crippen LogP contribution is 2.71. The van der Waals surface area contributed by atoms with Gasteiger partial charge in [0.2, 0.25) is 17.7 Å². The van der Waals surface area contributed by atoms with Crippen molar-refractivity contribution < 1.29 is 24.2 Å². The second-order valence-electron chi connectivity index (χ2n) is 10.3. The van der Waals surface area contributed by atoms with Crippen molar-refractivity contribution in [3.05, 3.63) is 53.6 Å². The molecule has 5 rings (SSSR count). The van der Waals surface area contributed by atoms with E-state index in [0.717, 1.165) is 6.42 Å².